The van der Waals surface area contributed by atoms with Crippen LogP contribution in [0.25, 0.3) is 11.1 Å². The second-order valence-corrected chi connectivity index (χ2v) is 6.36. The maximum absolute atomic E-state index is 13.0. The van der Waals surface area contributed by atoms with E-state index in [2.05, 4.69) is 18.7 Å². The third kappa shape index (κ3) is 3.65. The second kappa shape index (κ2) is 8.44. The Morgan fingerprint density at radius 3 is 2.33 bits per heavy atom. The van der Waals surface area contributed by atoms with E-state index < -0.39 is 0 Å². The molecule has 0 bridgehead atoms. The van der Waals surface area contributed by atoms with Gasteiger partial charge in [0.25, 0.3) is 0 Å². The molecule has 0 heterocycles. The molecule has 27 heavy (non-hydrogen) atoms. The molecule has 0 radical (unpaired) electrons. The van der Waals surface area contributed by atoms with Gasteiger partial charge < -0.3 is 19.1 Å². The molecule has 0 saturated heterocycles. The molecule has 5 heteroatoms. The Balaban J connectivity index is 1.98. The van der Waals surface area contributed by atoms with E-state index in [1.54, 1.807) is 13.2 Å². The molecule has 0 fully saturated rings. The van der Waals surface area contributed by atoms with Crippen LogP contribution in [0.2, 0.25) is 0 Å². The third-order valence-electron chi connectivity index (χ3n) is 4.93. The Labute approximate surface area is 160 Å². The van der Waals surface area contributed by atoms with E-state index in [-0.39, 0.29) is 5.78 Å². The number of carbonyl (C=O) groups excluding carboxylic acids is 1. The summed E-state index contributed by atoms with van der Waals surface area (Å²) in [4.78, 5) is 15.3. The second-order valence-electron chi connectivity index (χ2n) is 6.36. The first-order valence-corrected chi connectivity index (χ1v) is 9.52. The molecule has 1 aliphatic rings. The number of methoxy groups -OCH3 is 1. The van der Waals surface area contributed by atoms with E-state index in [1.807, 2.05) is 31.2 Å². The minimum Gasteiger partial charge on any atom is -0.496 e. The number of ether oxygens (including phenoxy) is 3. The minimum atomic E-state index is -0.0194. The Hall–Kier alpha value is -2.53. The highest BCUT2D eigenvalue weighted by Crippen LogP contribution is 2.48. The van der Waals surface area contributed by atoms with Crippen molar-refractivity contribution in [2.75, 3.05) is 40.0 Å². The Kier molecular flexibility index (Phi) is 6.01. The molecule has 0 aliphatic heterocycles. The van der Waals surface area contributed by atoms with Crippen molar-refractivity contribution in [1.82, 2.24) is 4.90 Å². The number of hydrogen-bond donors (Lipinski definition) is 0. The van der Waals surface area contributed by atoms with E-state index in [0.717, 1.165) is 30.8 Å². The maximum Gasteiger partial charge on any atom is 0.194 e. The van der Waals surface area contributed by atoms with E-state index in [0.29, 0.717) is 41.6 Å². The number of hydrogen-bond acceptors (Lipinski definition) is 5. The van der Waals surface area contributed by atoms with Gasteiger partial charge in [0.2, 0.25) is 0 Å². The molecule has 0 aromatic heterocycles. The van der Waals surface area contributed by atoms with Crippen LogP contribution in [0.4, 0.5) is 0 Å². The van der Waals surface area contributed by atoms with Crippen LogP contribution in [0.5, 0.6) is 17.2 Å². The van der Waals surface area contributed by atoms with Gasteiger partial charge in [-0.1, -0.05) is 26.0 Å². The minimum absolute atomic E-state index is 0.0194. The van der Waals surface area contributed by atoms with Gasteiger partial charge in [0.15, 0.2) is 5.78 Å². The first-order valence-electron chi connectivity index (χ1n) is 9.52. The van der Waals surface area contributed by atoms with Crippen molar-refractivity contribution in [2.45, 2.75) is 20.8 Å². The number of benzene rings is 2. The highest BCUT2D eigenvalue weighted by molar-refractivity contribution is 6.23. The molecule has 2 aromatic rings. The van der Waals surface area contributed by atoms with Crippen molar-refractivity contribution >= 4 is 5.78 Å². The van der Waals surface area contributed by atoms with Crippen molar-refractivity contribution in [3.63, 3.8) is 0 Å². The van der Waals surface area contributed by atoms with Crippen molar-refractivity contribution in [1.29, 1.82) is 0 Å². The highest BCUT2D eigenvalue weighted by atomic mass is 16.5. The van der Waals surface area contributed by atoms with Crippen LogP contribution >= 0.6 is 0 Å². The first-order chi connectivity index (χ1) is 13.1. The molecule has 0 saturated carbocycles. The van der Waals surface area contributed by atoms with Gasteiger partial charge in [-0.2, -0.15) is 0 Å². The fourth-order valence-corrected chi connectivity index (χ4v) is 3.51. The molecule has 5 nitrogen and oxygen atoms in total. The van der Waals surface area contributed by atoms with Crippen LogP contribution in [-0.4, -0.2) is 50.6 Å². The molecule has 144 valence electrons. The summed E-state index contributed by atoms with van der Waals surface area (Å²) in [6.07, 6.45) is 0. The SMILES string of the molecule is CCOc1cc(OC)c2c(c1)C(=O)c1cccc(OCCN(CC)CC)c1-2. The molecule has 3 rings (SSSR count). The molecular weight excluding hydrogens is 342 g/mol. The van der Waals surface area contributed by atoms with Gasteiger partial charge >= 0.3 is 0 Å². The zero-order chi connectivity index (χ0) is 19.4. The largest absolute Gasteiger partial charge is 0.496 e. The Morgan fingerprint density at radius 2 is 1.67 bits per heavy atom. The third-order valence-corrected chi connectivity index (χ3v) is 4.93. The van der Waals surface area contributed by atoms with Crippen LogP contribution in [0, 0.1) is 0 Å². The van der Waals surface area contributed by atoms with Gasteiger partial charge in [-0.3, -0.25) is 4.79 Å². The summed E-state index contributed by atoms with van der Waals surface area (Å²) in [6, 6.07) is 9.25. The van der Waals surface area contributed by atoms with Crippen LogP contribution < -0.4 is 14.2 Å². The Bertz CT molecular complexity index is 827. The smallest absolute Gasteiger partial charge is 0.194 e. The van der Waals surface area contributed by atoms with Gasteiger partial charge in [0.1, 0.15) is 23.9 Å². The molecule has 0 N–H and O–H groups in total. The fraction of sp³-hybridized carbons (Fsp3) is 0.409. The topological polar surface area (TPSA) is 48.0 Å². The maximum atomic E-state index is 13.0. The number of nitrogens with zero attached hydrogens (tertiary/aromatic N) is 1. The summed E-state index contributed by atoms with van der Waals surface area (Å²) in [7, 11) is 1.61. The summed E-state index contributed by atoms with van der Waals surface area (Å²) in [5.41, 5.74) is 2.86. The normalized spacial score (nSPS) is 12.1. The predicted molar refractivity (Wildman–Crippen MR) is 106 cm³/mol. The van der Waals surface area contributed by atoms with Crippen molar-refractivity contribution in [3.8, 4) is 28.4 Å². The lowest BCUT2D eigenvalue weighted by Crippen LogP contribution is -2.28. The van der Waals surface area contributed by atoms with E-state index in [4.69, 9.17) is 14.2 Å². The predicted octanol–water partition coefficient (Wildman–Crippen LogP) is 4.03. The summed E-state index contributed by atoms with van der Waals surface area (Å²) in [5.74, 6) is 1.96. The van der Waals surface area contributed by atoms with Crippen LogP contribution in [0.3, 0.4) is 0 Å². The quantitative estimate of drug-likeness (QED) is 0.570. The van der Waals surface area contributed by atoms with Crippen molar-refractivity contribution in [2.24, 2.45) is 0 Å². The molecular formula is C22H27NO4. The zero-order valence-electron chi connectivity index (χ0n) is 16.5. The average molecular weight is 369 g/mol. The molecule has 0 spiro atoms. The van der Waals surface area contributed by atoms with Crippen LogP contribution in [-0.2, 0) is 0 Å². The van der Waals surface area contributed by atoms with Gasteiger partial charge in [-0.15, -0.1) is 0 Å². The molecule has 0 atom stereocenters. The lowest BCUT2D eigenvalue weighted by Gasteiger charge is -2.19. The average Bonchev–Trinajstić information content (AvgIpc) is 2.98. The van der Waals surface area contributed by atoms with Gasteiger partial charge in [-0.25, -0.2) is 0 Å². The van der Waals surface area contributed by atoms with E-state index in [9.17, 15) is 4.79 Å². The monoisotopic (exact) mass is 369 g/mol. The van der Waals surface area contributed by atoms with Crippen molar-refractivity contribution < 1.29 is 19.0 Å². The lowest BCUT2D eigenvalue weighted by atomic mass is 10.0. The van der Waals surface area contributed by atoms with Gasteiger partial charge in [0, 0.05) is 34.9 Å². The van der Waals surface area contributed by atoms with Crippen LogP contribution in [0.1, 0.15) is 36.7 Å². The number of ketones is 1. The van der Waals surface area contributed by atoms with Gasteiger partial charge in [-0.05, 0) is 32.1 Å². The van der Waals surface area contributed by atoms with Crippen LogP contribution in [0.15, 0.2) is 30.3 Å². The zero-order valence-corrected chi connectivity index (χ0v) is 16.5. The standard InChI is InChI=1S/C22H27NO4/c1-5-23(6-2)11-12-27-18-10-8-9-16-20(18)21-17(22(16)24)13-15(26-7-3)14-19(21)25-4/h8-10,13-14H,5-7,11-12H2,1-4H3. The number of fused-ring (bicyclic) bond motifs is 3. The van der Waals surface area contributed by atoms with Crippen molar-refractivity contribution in [3.05, 3.63) is 41.5 Å². The number of rotatable bonds is 9. The van der Waals surface area contributed by atoms with E-state index >= 15 is 0 Å². The summed E-state index contributed by atoms with van der Waals surface area (Å²) in [5, 5.41) is 0. The first kappa shape index (κ1) is 19.2. The summed E-state index contributed by atoms with van der Waals surface area (Å²) < 4.78 is 17.3. The molecule has 2 aromatic carbocycles. The van der Waals surface area contributed by atoms with Gasteiger partial charge in [0.05, 0.1) is 13.7 Å². The Morgan fingerprint density at radius 1 is 0.926 bits per heavy atom. The molecule has 0 amide bonds. The number of carbonyl (C=O) groups is 1. The lowest BCUT2D eigenvalue weighted by molar-refractivity contribution is 0.104. The van der Waals surface area contributed by atoms with E-state index in [1.165, 1.54) is 0 Å². The fourth-order valence-electron chi connectivity index (χ4n) is 3.51. The summed E-state index contributed by atoms with van der Waals surface area (Å²) in [6.45, 7) is 10.1. The molecule has 1 aliphatic carbocycles. The number of likely N-dealkylation sites (N-methyl/N-ethyl adjacent to an activating group) is 1. The summed E-state index contributed by atoms with van der Waals surface area (Å²) >= 11 is 0. The highest BCUT2D eigenvalue weighted by Gasteiger charge is 2.33. The molecule has 0 unspecified atom stereocenters.